The number of amides is 1. The number of H-pyrrole nitrogens is 1. The number of aryl methyl sites for hydroxylation is 1. The van der Waals surface area contributed by atoms with Gasteiger partial charge in [-0.3, -0.25) is 19.1 Å². The topological polar surface area (TPSA) is 158 Å². The molecule has 0 aliphatic carbocycles. The largest absolute Gasteiger partial charge is 0.452 e. The number of esters is 1. The molecule has 0 aliphatic rings. The van der Waals surface area contributed by atoms with Gasteiger partial charge in [-0.2, -0.15) is 5.10 Å². The molecule has 0 fully saturated rings. The lowest BCUT2D eigenvalue weighted by atomic mass is 10.2. The highest BCUT2D eigenvalue weighted by Gasteiger charge is 2.26. The summed E-state index contributed by atoms with van der Waals surface area (Å²) in [5.41, 5.74) is 5.43. The monoisotopic (exact) mass is 457 g/mol. The molecular formula is C21H27N7O5. The minimum Gasteiger partial charge on any atom is -0.452 e. The number of carbonyl (C=O) groups excluding carboxylic acids is 2. The van der Waals surface area contributed by atoms with Gasteiger partial charge in [-0.05, 0) is 25.8 Å². The number of nitrogens with two attached hydrogens (primary N) is 1. The van der Waals surface area contributed by atoms with Gasteiger partial charge < -0.3 is 15.4 Å². The standard InChI is InChI=1S/C21H27N7O5/c1-4-6-10-26(16-17(22)27(9-5-2)21(32)24-19(16)30)14(29)12-33-20(31)15-13(3)25-28-11-7-8-23-18(15)28/h7-8,11H,4-6,9-10,12,22H2,1-3H3,(H,24,30,32). The summed E-state index contributed by atoms with van der Waals surface area (Å²) in [4.78, 5) is 58.0. The number of hydrogen-bond acceptors (Lipinski definition) is 8. The van der Waals surface area contributed by atoms with Gasteiger partial charge in [-0.15, -0.1) is 0 Å². The van der Waals surface area contributed by atoms with E-state index in [1.165, 1.54) is 15.3 Å². The average Bonchev–Trinajstić information content (AvgIpc) is 3.12. The number of aromatic amines is 1. The number of ether oxygens (including phenoxy) is 1. The van der Waals surface area contributed by atoms with E-state index < -0.39 is 29.7 Å². The van der Waals surface area contributed by atoms with Crippen LogP contribution < -0.4 is 21.9 Å². The first-order valence-electron chi connectivity index (χ1n) is 10.7. The van der Waals surface area contributed by atoms with Gasteiger partial charge in [-0.1, -0.05) is 20.3 Å². The number of rotatable bonds is 9. The number of nitrogens with zero attached hydrogens (tertiary/aromatic N) is 5. The number of unbranched alkanes of at least 4 members (excludes halogenated alkanes) is 1. The Balaban J connectivity index is 1.88. The first kappa shape index (κ1) is 23.7. The lowest BCUT2D eigenvalue weighted by Gasteiger charge is -2.24. The zero-order chi connectivity index (χ0) is 24.1. The van der Waals surface area contributed by atoms with Crippen molar-refractivity contribution >= 4 is 29.0 Å². The summed E-state index contributed by atoms with van der Waals surface area (Å²) in [7, 11) is 0. The number of nitrogens with one attached hydrogen (secondary N) is 1. The maximum Gasteiger partial charge on any atom is 0.344 e. The number of nitrogen functional groups attached to an aromatic ring is 1. The van der Waals surface area contributed by atoms with E-state index in [4.69, 9.17) is 10.5 Å². The van der Waals surface area contributed by atoms with Gasteiger partial charge in [0.05, 0.1) is 5.69 Å². The number of aromatic nitrogens is 5. The first-order chi connectivity index (χ1) is 15.8. The van der Waals surface area contributed by atoms with Crippen LogP contribution in [0, 0.1) is 6.92 Å². The van der Waals surface area contributed by atoms with Crippen LogP contribution >= 0.6 is 0 Å². The SMILES string of the molecule is CCCCN(C(=O)COC(=O)c1c(C)nn2cccnc12)c1c(N)n(CCC)c(=O)[nH]c1=O. The highest BCUT2D eigenvalue weighted by Crippen LogP contribution is 2.19. The highest BCUT2D eigenvalue weighted by molar-refractivity contribution is 6.01. The van der Waals surface area contributed by atoms with Crippen LogP contribution in [0.5, 0.6) is 0 Å². The van der Waals surface area contributed by atoms with Crippen molar-refractivity contribution < 1.29 is 14.3 Å². The predicted octanol–water partition coefficient (Wildman–Crippen LogP) is 0.870. The van der Waals surface area contributed by atoms with Crippen molar-refractivity contribution in [1.82, 2.24) is 24.1 Å². The molecule has 3 aromatic rings. The summed E-state index contributed by atoms with van der Waals surface area (Å²) in [6.07, 6.45) is 5.07. The molecule has 3 rings (SSSR count). The van der Waals surface area contributed by atoms with Crippen LogP contribution in [-0.2, 0) is 16.1 Å². The molecule has 0 saturated carbocycles. The van der Waals surface area contributed by atoms with Gasteiger partial charge in [0.15, 0.2) is 17.9 Å². The van der Waals surface area contributed by atoms with Crippen LogP contribution in [0.4, 0.5) is 11.5 Å². The summed E-state index contributed by atoms with van der Waals surface area (Å²) in [6, 6.07) is 1.67. The van der Waals surface area contributed by atoms with E-state index >= 15 is 0 Å². The Labute approximate surface area is 189 Å². The molecule has 12 heteroatoms. The van der Waals surface area contributed by atoms with E-state index in [1.807, 2.05) is 13.8 Å². The molecule has 0 atom stereocenters. The molecule has 3 aromatic heterocycles. The first-order valence-corrected chi connectivity index (χ1v) is 10.7. The normalized spacial score (nSPS) is 11.0. The molecule has 0 radical (unpaired) electrons. The van der Waals surface area contributed by atoms with E-state index in [1.54, 1.807) is 19.2 Å². The molecule has 0 aliphatic heterocycles. The minimum atomic E-state index is -0.775. The minimum absolute atomic E-state index is 0.107. The van der Waals surface area contributed by atoms with Crippen LogP contribution in [0.15, 0.2) is 28.0 Å². The van der Waals surface area contributed by atoms with Crippen LogP contribution in [0.3, 0.4) is 0 Å². The molecule has 1 amide bonds. The Morgan fingerprint density at radius 2 is 2.00 bits per heavy atom. The molecule has 0 spiro atoms. The lowest BCUT2D eigenvalue weighted by molar-refractivity contribution is -0.121. The van der Waals surface area contributed by atoms with Gasteiger partial charge >= 0.3 is 11.7 Å². The molecule has 176 valence electrons. The molecule has 0 unspecified atom stereocenters. The maximum absolute atomic E-state index is 13.0. The molecule has 3 N–H and O–H groups in total. The van der Waals surface area contributed by atoms with Crippen LogP contribution in [0.2, 0.25) is 0 Å². The fraction of sp³-hybridized carbons (Fsp3) is 0.429. The van der Waals surface area contributed by atoms with Gasteiger partial charge in [-0.25, -0.2) is 19.1 Å². The van der Waals surface area contributed by atoms with Crippen molar-refractivity contribution in [1.29, 1.82) is 0 Å². The van der Waals surface area contributed by atoms with E-state index in [9.17, 15) is 19.2 Å². The van der Waals surface area contributed by atoms with E-state index in [-0.39, 0.29) is 30.2 Å². The Bertz CT molecular complexity index is 1290. The Hall–Kier alpha value is -3.96. The van der Waals surface area contributed by atoms with Crippen molar-refractivity contribution in [2.75, 3.05) is 23.8 Å². The summed E-state index contributed by atoms with van der Waals surface area (Å²) in [5, 5.41) is 4.21. The fourth-order valence-corrected chi connectivity index (χ4v) is 3.47. The molecule has 0 saturated heterocycles. The van der Waals surface area contributed by atoms with Gasteiger partial charge in [0.1, 0.15) is 11.4 Å². The van der Waals surface area contributed by atoms with Crippen LogP contribution in [0.1, 0.15) is 49.2 Å². The highest BCUT2D eigenvalue weighted by atomic mass is 16.5. The summed E-state index contributed by atoms with van der Waals surface area (Å²) in [6.45, 7) is 5.24. The van der Waals surface area contributed by atoms with E-state index in [2.05, 4.69) is 15.1 Å². The Kier molecular flexibility index (Phi) is 7.26. The quantitative estimate of drug-likeness (QED) is 0.448. The molecule has 33 heavy (non-hydrogen) atoms. The Morgan fingerprint density at radius 1 is 1.24 bits per heavy atom. The third-order valence-corrected chi connectivity index (χ3v) is 5.07. The molecule has 0 bridgehead atoms. The third-order valence-electron chi connectivity index (χ3n) is 5.07. The Morgan fingerprint density at radius 3 is 2.70 bits per heavy atom. The second-order valence-corrected chi connectivity index (χ2v) is 7.47. The van der Waals surface area contributed by atoms with Crippen molar-refractivity contribution in [2.45, 2.75) is 46.6 Å². The molecule has 0 aromatic carbocycles. The van der Waals surface area contributed by atoms with Crippen molar-refractivity contribution in [3.63, 3.8) is 0 Å². The molecular weight excluding hydrogens is 430 g/mol. The van der Waals surface area contributed by atoms with Crippen molar-refractivity contribution in [3.8, 4) is 0 Å². The van der Waals surface area contributed by atoms with Gasteiger partial charge in [0.25, 0.3) is 11.5 Å². The second-order valence-electron chi connectivity index (χ2n) is 7.47. The maximum atomic E-state index is 13.0. The molecule has 3 heterocycles. The number of hydrogen-bond donors (Lipinski definition) is 2. The van der Waals surface area contributed by atoms with Crippen molar-refractivity contribution in [2.24, 2.45) is 0 Å². The average molecular weight is 457 g/mol. The van der Waals surface area contributed by atoms with Gasteiger partial charge in [0.2, 0.25) is 0 Å². The number of carbonyl (C=O) groups is 2. The van der Waals surface area contributed by atoms with Crippen LogP contribution in [0.25, 0.3) is 5.65 Å². The number of anilines is 2. The van der Waals surface area contributed by atoms with E-state index in [0.29, 0.717) is 24.2 Å². The van der Waals surface area contributed by atoms with E-state index in [0.717, 1.165) is 11.3 Å². The summed E-state index contributed by atoms with van der Waals surface area (Å²) in [5.74, 6) is -1.51. The molecule has 12 nitrogen and oxygen atoms in total. The smallest absolute Gasteiger partial charge is 0.344 e. The van der Waals surface area contributed by atoms with Crippen LogP contribution in [-0.4, -0.2) is 49.2 Å². The van der Waals surface area contributed by atoms with Gasteiger partial charge in [0, 0.05) is 25.5 Å². The second kappa shape index (κ2) is 10.1. The predicted molar refractivity (Wildman–Crippen MR) is 121 cm³/mol. The summed E-state index contributed by atoms with van der Waals surface area (Å²) < 4.78 is 7.91. The lowest BCUT2D eigenvalue weighted by Crippen LogP contribution is -2.43. The zero-order valence-electron chi connectivity index (χ0n) is 18.8. The third kappa shape index (κ3) is 4.78. The zero-order valence-corrected chi connectivity index (χ0v) is 18.8. The fourth-order valence-electron chi connectivity index (χ4n) is 3.47. The summed E-state index contributed by atoms with van der Waals surface area (Å²) >= 11 is 0. The van der Waals surface area contributed by atoms with Crippen molar-refractivity contribution in [3.05, 3.63) is 50.6 Å². The number of fused-ring (bicyclic) bond motifs is 1.